The normalized spacial score (nSPS) is 11.2. The molecule has 0 aliphatic carbocycles. The van der Waals surface area contributed by atoms with Gasteiger partial charge in [0.25, 0.3) is 0 Å². The van der Waals surface area contributed by atoms with Crippen molar-refractivity contribution in [3.8, 4) is 33.4 Å². The Kier molecular flexibility index (Phi) is 5.16. The Balaban J connectivity index is 1.34. The summed E-state index contributed by atoms with van der Waals surface area (Å²) in [7, 11) is 0. The van der Waals surface area contributed by atoms with Gasteiger partial charge in [-0.1, -0.05) is 78.9 Å². The number of rotatable bonds is 3. The van der Waals surface area contributed by atoms with E-state index in [1.54, 1.807) is 0 Å². The van der Waals surface area contributed by atoms with Gasteiger partial charge >= 0.3 is 0 Å². The molecule has 2 heteroatoms. The Morgan fingerprint density at radius 1 is 0.424 bits per heavy atom. The molecule has 5 aromatic carbocycles. The van der Waals surface area contributed by atoms with Crippen molar-refractivity contribution in [1.29, 1.82) is 0 Å². The van der Waals surface area contributed by atoms with Gasteiger partial charge in [0.15, 0.2) is 0 Å². The molecule has 0 bridgehead atoms. The van der Waals surface area contributed by atoms with Gasteiger partial charge in [0.1, 0.15) is 0 Å². The van der Waals surface area contributed by atoms with Gasteiger partial charge in [-0.05, 0) is 97.6 Å². The first kappa shape index (κ1) is 20.1. The van der Waals surface area contributed by atoms with Crippen molar-refractivity contribution in [2.45, 2.75) is 0 Å². The molecule has 0 amide bonds. The molecule has 1 heterocycles. The number of hydrogen-bond donors (Lipinski definition) is 0. The van der Waals surface area contributed by atoms with Crippen LogP contribution >= 0.6 is 22.6 Å². The first-order valence-electron chi connectivity index (χ1n) is 11.0. The summed E-state index contributed by atoms with van der Waals surface area (Å²) in [5, 5.41) is 3.68. The van der Waals surface area contributed by atoms with Gasteiger partial charge in [-0.3, -0.25) is 4.98 Å². The van der Waals surface area contributed by atoms with E-state index in [1.165, 1.54) is 42.2 Å². The lowest BCUT2D eigenvalue weighted by atomic mass is 9.96. The Morgan fingerprint density at radius 2 is 0.939 bits per heavy atom. The van der Waals surface area contributed by atoms with Crippen LogP contribution in [0.2, 0.25) is 0 Å². The SMILES string of the molecule is Ic1ccc(-c2ccc3ccc(-c4ccc(-c5cnc6ccccc6c5)cc4)cc3c2)cc1. The summed E-state index contributed by atoms with van der Waals surface area (Å²) in [5.74, 6) is 0. The molecule has 6 aromatic rings. The van der Waals surface area contributed by atoms with Gasteiger partial charge < -0.3 is 0 Å². The number of nitrogens with zero attached hydrogens (tertiary/aromatic N) is 1. The van der Waals surface area contributed by atoms with Crippen LogP contribution in [-0.4, -0.2) is 4.98 Å². The van der Waals surface area contributed by atoms with Crippen molar-refractivity contribution in [1.82, 2.24) is 4.98 Å². The van der Waals surface area contributed by atoms with E-state index in [0.717, 1.165) is 16.5 Å². The van der Waals surface area contributed by atoms with Gasteiger partial charge in [-0.15, -0.1) is 0 Å². The first-order valence-corrected chi connectivity index (χ1v) is 12.1. The van der Waals surface area contributed by atoms with Crippen molar-refractivity contribution in [3.63, 3.8) is 0 Å². The molecular formula is C31H20IN. The van der Waals surface area contributed by atoms with Crippen molar-refractivity contribution in [2.75, 3.05) is 0 Å². The molecule has 0 atom stereocenters. The summed E-state index contributed by atoms with van der Waals surface area (Å²) < 4.78 is 1.25. The van der Waals surface area contributed by atoms with E-state index >= 15 is 0 Å². The summed E-state index contributed by atoms with van der Waals surface area (Å²) in [6, 6.07) is 41.3. The highest BCUT2D eigenvalue weighted by atomic mass is 127. The fraction of sp³-hybridized carbons (Fsp3) is 0. The van der Waals surface area contributed by atoms with Crippen molar-refractivity contribution < 1.29 is 0 Å². The second kappa shape index (κ2) is 8.45. The fourth-order valence-corrected chi connectivity index (χ4v) is 4.69. The molecule has 6 rings (SSSR count). The van der Waals surface area contributed by atoms with Gasteiger partial charge in [0, 0.05) is 20.7 Å². The Morgan fingerprint density at radius 3 is 1.61 bits per heavy atom. The number of hydrogen-bond acceptors (Lipinski definition) is 1. The summed E-state index contributed by atoms with van der Waals surface area (Å²) in [6.45, 7) is 0. The smallest absolute Gasteiger partial charge is 0.0702 e. The van der Waals surface area contributed by atoms with E-state index in [-0.39, 0.29) is 0 Å². The second-order valence-electron chi connectivity index (χ2n) is 8.28. The predicted octanol–water partition coefficient (Wildman–Crippen LogP) is 8.99. The van der Waals surface area contributed by atoms with Gasteiger partial charge in [-0.25, -0.2) is 0 Å². The van der Waals surface area contributed by atoms with Crippen LogP contribution in [0.25, 0.3) is 55.1 Å². The third kappa shape index (κ3) is 4.03. The molecule has 33 heavy (non-hydrogen) atoms. The second-order valence-corrected chi connectivity index (χ2v) is 9.52. The number of aromatic nitrogens is 1. The average molecular weight is 533 g/mol. The topological polar surface area (TPSA) is 12.9 Å². The van der Waals surface area contributed by atoms with Crippen LogP contribution in [0.1, 0.15) is 0 Å². The number of halogens is 1. The van der Waals surface area contributed by atoms with Crippen LogP contribution in [-0.2, 0) is 0 Å². The molecule has 0 saturated carbocycles. The zero-order valence-electron chi connectivity index (χ0n) is 17.9. The van der Waals surface area contributed by atoms with Gasteiger partial charge in [0.05, 0.1) is 5.52 Å². The van der Waals surface area contributed by atoms with E-state index in [4.69, 9.17) is 0 Å². The predicted molar refractivity (Wildman–Crippen MR) is 148 cm³/mol. The molecule has 0 unspecified atom stereocenters. The Hall–Kier alpha value is -3.50. The molecule has 0 fully saturated rings. The van der Waals surface area contributed by atoms with Crippen LogP contribution in [0.15, 0.2) is 121 Å². The Labute approximate surface area is 206 Å². The maximum Gasteiger partial charge on any atom is 0.0702 e. The van der Waals surface area contributed by atoms with Crippen LogP contribution < -0.4 is 0 Å². The standard InChI is InChI=1S/C31H20IN/c32-30-15-13-22(14-16-30)26-12-10-23-9-11-25(17-28(23)18-26)21-5-7-24(8-6-21)29-19-27-3-1-2-4-31(27)33-20-29/h1-20H. The highest BCUT2D eigenvalue weighted by Gasteiger charge is 2.05. The van der Waals surface area contributed by atoms with Gasteiger partial charge in [-0.2, -0.15) is 0 Å². The zero-order valence-corrected chi connectivity index (χ0v) is 20.0. The van der Waals surface area contributed by atoms with E-state index in [0.29, 0.717) is 0 Å². The fourth-order valence-electron chi connectivity index (χ4n) is 4.33. The van der Waals surface area contributed by atoms with Crippen molar-refractivity contribution in [3.05, 3.63) is 125 Å². The third-order valence-corrected chi connectivity index (χ3v) is 6.88. The minimum absolute atomic E-state index is 1.03. The number of fused-ring (bicyclic) bond motifs is 2. The highest BCUT2D eigenvalue weighted by molar-refractivity contribution is 14.1. The summed E-state index contributed by atoms with van der Waals surface area (Å²) in [5.41, 5.74) is 8.28. The summed E-state index contributed by atoms with van der Waals surface area (Å²) in [4.78, 5) is 4.61. The molecule has 0 aliphatic heterocycles. The minimum Gasteiger partial charge on any atom is -0.256 e. The highest BCUT2D eigenvalue weighted by Crippen LogP contribution is 2.30. The van der Waals surface area contributed by atoms with Crippen LogP contribution in [0, 0.1) is 3.57 Å². The van der Waals surface area contributed by atoms with Crippen LogP contribution in [0.4, 0.5) is 0 Å². The molecular weight excluding hydrogens is 513 g/mol. The summed E-state index contributed by atoms with van der Waals surface area (Å²) >= 11 is 2.35. The number of pyridine rings is 1. The van der Waals surface area contributed by atoms with E-state index < -0.39 is 0 Å². The largest absolute Gasteiger partial charge is 0.256 e. The van der Waals surface area contributed by atoms with Crippen molar-refractivity contribution >= 4 is 44.3 Å². The number of para-hydroxylation sites is 1. The molecule has 156 valence electrons. The minimum atomic E-state index is 1.03. The molecule has 1 nitrogen and oxygen atoms in total. The number of benzene rings is 5. The van der Waals surface area contributed by atoms with Crippen molar-refractivity contribution in [2.24, 2.45) is 0 Å². The maximum atomic E-state index is 4.61. The zero-order chi connectivity index (χ0) is 22.2. The van der Waals surface area contributed by atoms with Crippen LogP contribution in [0.3, 0.4) is 0 Å². The first-order chi connectivity index (χ1) is 16.2. The lowest BCUT2D eigenvalue weighted by molar-refractivity contribution is 1.41. The molecule has 1 aromatic heterocycles. The average Bonchev–Trinajstić information content (AvgIpc) is 2.88. The monoisotopic (exact) mass is 533 g/mol. The van der Waals surface area contributed by atoms with Gasteiger partial charge in [0.2, 0.25) is 0 Å². The lowest BCUT2D eigenvalue weighted by Crippen LogP contribution is -1.84. The summed E-state index contributed by atoms with van der Waals surface area (Å²) in [6.07, 6.45) is 1.96. The lowest BCUT2D eigenvalue weighted by Gasteiger charge is -2.09. The van der Waals surface area contributed by atoms with E-state index in [9.17, 15) is 0 Å². The third-order valence-electron chi connectivity index (χ3n) is 6.16. The molecule has 0 saturated heterocycles. The molecule has 0 radical (unpaired) electrons. The molecule has 0 spiro atoms. The Bertz CT molecular complexity index is 1600. The molecule has 0 N–H and O–H groups in total. The maximum absolute atomic E-state index is 4.61. The van der Waals surface area contributed by atoms with E-state index in [1.807, 2.05) is 18.3 Å². The van der Waals surface area contributed by atoms with Crippen LogP contribution in [0.5, 0.6) is 0 Å². The van der Waals surface area contributed by atoms with E-state index in [2.05, 4.69) is 131 Å². The molecule has 0 aliphatic rings. The quantitative estimate of drug-likeness (QED) is 0.207.